The van der Waals surface area contributed by atoms with Gasteiger partial charge in [0.2, 0.25) is 0 Å². The smallest absolute Gasteiger partial charge is 0.272 e. The second kappa shape index (κ2) is 7.80. The summed E-state index contributed by atoms with van der Waals surface area (Å²) in [7, 11) is 1.82. The fourth-order valence-electron chi connectivity index (χ4n) is 3.55. The Morgan fingerprint density at radius 3 is 2.57 bits per heavy atom. The Labute approximate surface area is 164 Å². The van der Waals surface area contributed by atoms with Crippen LogP contribution in [0.1, 0.15) is 29.0 Å². The zero-order valence-corrected chi connectivity index (χ0v) is 16.2. The largest absolute Gasteiger partial charge is 0.367 e. The third-order valence-electron chi connectivity index (χ3n) is 5.11. The second-order valence-corrected chi connectivity index (χ2v) is 7.16. The lowest BCUT2D eigenvalue weighted by atomic mass is 10.0. The van der Waals surface area contributed by atoms with Crippen LogP contribution >= 0.6 is 0 Å². The summed E-state index contributed by atoms with van der Waals surface area (Å²) in [6.07, 6.45) is 3.35. The summed E-state index contributed by atoms with van der Waals surface area (Å²) >= 11 is 0. The first-order valence-electron chi connectivity index (χ1n) is 9.54. The number of hydrogen-bond acceptors (Lipinski definition) is 5. The zero-order chi connectivity index (χ0) is 19.5. The van der Waals surface area contributed by atoms with E-state index in [4.69, 9.17) is 0 Å². The molecule has 1 fully saturated rings. The van der Waals surface area contributed by atoms with Gasteiger partial charge in [-0.05, 0) is 25.8 Å². The van der Waals surface area contributed by atoms with Gasteiger partial charge in [-0.15, -0.1) is 0 Å². The number of anilines is 1. The number of carbonyl (C=O) groups excluding carboxylic acids is 1. The van der Waals surface area contributed by atoms with Crippen LogP contribution in [0.4, 0.5) is 5.82 Å². The van der Waals surface area contributed by atoms with Crippen LogP contribution in [0.2, 0.25) is 0 Å². The Morgan fingerprint density at radius 1 is 1.11 bits per heavy atom. The fourth-order valence-corrected chi connectivity index (χ4v) is 3.55. The highest BCUT2D eigenvalue weighted by Crippen LogP contribution is 2.21. The van der Waals surface area contributed by atoms with E-state index in [-0.39, 0.29) is 5.91 Å². The van der Waals surface area contributed by atoms with E-state index in [1.54, 1.807) is 11.0 Å². The summed E-state index contributed by atoms with van der Waals surface area (Å²) in [5, 5.41) is 7.97. The van der Waals surface area contributed by atoms with Crippen LogP contribution in [0, 0.1) is 6.92 Å². The van der Waals surface area contributed by atoms with Gasteiger partial charge in [-0.3, -0.25) is 9.48 Å². The summed E-state index contributed by atoms with van der Waals surface area (Å²) < 4.78 is 1.68. The number of hydrogen-bond donors (Lipinski definition) is 1. The first-order chi connectivity index (χ1) is 13.6. The minimum Gasteiger partial charge on any atom is -0.367 e. The van der Waals surface area contributed by atoms with Crippen molar-refractivity contribution in [2.24, 2.45) is 7.05 Å². The molecule has 1 aromatic carbocycles. The average molecular weight is 376 g/mol. The van der Waals surface area contributed by atoms with Crippen molar-refractivity contribution in [2.45, 2.75) is 25.8 Å². The van der Waals surface area contributed by atoms with Gasteiger partial charge in [0.15, 0.2) is 0 Å². The lowest BCUT2D eigenvalue weighted by molar-refractivity contribution is 0.0707. The van der Waals surface area contributed by atoms with Crippen molar-refractivity contribution in [2.75, 3.05) is 18.4 Å². The molecule has 0 saturated carbocycles. The molecular formula is C21H24N6O. The number of piperidine rings is 1. The summed E-state index contributed by atoms with van der Waals surface area (Å²) in [6, 6.07) is 14.1. The highest BCUT2D eigenvalue weighted by atomic mass is 16.2. The van der Waals surface area contributed by atoms with E-state index in [2.05, 4.69) is 20.4 Å². The van der Waals surface area contributed by atoms with Crippen LogP contribution in [0.25, 0.3) is 11.3 Å². The summed E-state index contributed by atoms with van der Waals surface area (Å²) in [4.78, 5) is 23.3. The second-order valence-electron chi connectivity index (χ2n) is 7.16. The molecule has 0 unspecified atom stereocenters. The van der Waals surface area contributed by atoms with Crippen LogP contribution in [0.3, 0.4) is 0 Å². The van der Waals surface area contributed by atoms with Crippen molar-refractivity contribution >= 4 is 11.7 Å². The Balaban J connectivity index is 1.40. The number of carbonyl (C=O) groups is 1. The van der Waals surface area contributed by atoms with Gasteiger partial charge in [0.05, 0.1) is 5.69 Å². The summed E-state index contributed by atoms with van der Waals surface area (Å²) in [6.45, 7) is 3.38. The lowest BCUT2D eigenvalue weighted by Crippen LogP contribution is -2.43. The number of nitrogens with zero attached hydrogens (tertiary/aromatic N) is 5. The van der Waals surface area contributed by atoms with Crippen LogP contribution < -0.4 is 5.32 Å². The van der Waals surface area contributed by atoms with E-state index in [0.29, 0.717) is 24.8 Å². The van der Waals surface area contributed by atoms with Gasteiger partial charge in [0.1, 0.15) is 17.8 Å². The maximum Gasteiger partial charge on any atom is 0.272 e. The van der Waals surface area contributed by atoms with Crippen LogP contribution in [0.15, 0.2) is 48.8 Å². The van der Waals surface area contributed by atoms with Gasteiger partial charge >= 0.3 is 0 Å². The monoisotopic (exact) mass is 376 g/mol. The topological polar surface area (TPSA) is 75.9 Å². The van der Waals surface area contributed by atoms with E-state index < -0.39 is 0 Å². The third kappa shape index (κ3) is 3.88. The minimum atomic E-state index is 0.0357. The van der Waals surface area contributed by atoms with Gasteiger partial charge < -0.3 is 10.2 Å². The maximum atomic E-state index is 13.0. The Bertz CT molecular complexity index is 960. The molecule has 2 aromatic heterocycles. The molecule has 3 heterocycles. The molecule has 144 valence electrons. The van der Waals surface area contributed by atoms with Crippen molar-refractivity contribution in [1.29, 1.82) is 0 Å². The van der Waals surface area contributed by atoms with E-state index >= 15 is 0 Å². The number of likely N-dealkylation sites (tertiary alicyclic amines) is 1. The standard InChI is InChI=1S/C21H24N6O/c1-15-12-20(23-14-22-15)24-17-8-10-27(11-9-17)21(28)19-13-18(25-26(19)2)16-6-4-3-5-7-16/h3-7,12-14,17H,8-11H2,1-2H3,(H,22,23,24). The molecule has 1 aliphatic heterocycles. The molecule has 1 aliphatic rings. The van der Waals surface area contributed by atoms with Crippen molar-refractivity contribution < 1.29 is 4.79 Å². The molecule has 4 rings (SSSR count). The minimum absolute atomic E-state index is 0.0357. The third-order valence-corrected chi connectivity index (χ3v) is 5.11. The zero-order valence-electron chi connectivity index (χ0n) is 16.2. The number of aromatic nitrogens is 4. The van der Waals surface area contributed by atoms with Crippen molar-refractivity contribution in [3.63, 3.8) is 0 Å². The predicted octanol–water partition coefficient (Wildman–Crippen LogP) is 2.90. The Morgan fingerprint density at radius 2 is 1.86 bits per heavy atom. The van der Waals surface area contributed by atoms with Gasteiger partial charge in [-0.2, -0.15) is 5.10 Å². The fraction of sp³-hybridized carbons (Fsp3) is 0.333. The van der Waals surface area contributed by atoms with Crippen molar-refractivity contribution in [3.05, 3.63) is 60.2 Å². The van der Waals surface area contributed by atoms with Gasteiger partial charge in [0, 0.05) is 43.5 Å². The van der Waals surface area contributed by atoms with Gasteiger partial charge in [0.25, 0.3) is 5.91 Å². The average Bonchev–Trinajstić information content (AvgIpc) is 3.10. The number of rotatable bonds is 4. The van der Waals surface area contributed by atoms with E-state index in [1.807, 2.05) is 61.3 Å². The highest BCUT2D eigenvalue weighted by molar-refractivity contribution is 5.93. The first-order valence-corrected chi connectivity index (χ1v) is 9.54. The molecule has 3 aromatic rings. The molecule has 1 amide bonds. The number of nitrogens with one attached hydrogen (secondary N) is 1. The predicted molar refractivity (Wildman–Crippen MR) is 108 cm³/mol. The molecule has 0 radical (unpaired) electrons. The number of aryl methyl sites for hydroxylation is 2. The molecule has 1 saturated heterocycles. The summed E-state index contributed by atoms with van der Waals surface area (Å²) in [5.74, 6) is 0.880. The molecular weight excluding hydrogens is 352 g/mol. The Hall–Kier alpha value is -3.22. The SMILES string of the molecule is Cc1cc(NC2CCN(C(=O)c3cc(-c4ccccc4)nn3C)CC2)ncn1. The van der Waals surface area contributed by atoms with Crippen LogP contribution in [-0.4, -0.2) is 49.7 Å². The molecule has 7 heteroatoms. The quantitative estimate of drug-likeness (QED) is 0.758. The van der Waals surface area contributed by atoms with E-state index in [9.17, 15) is 4.79 Å². The first kappa shape index (κ1) is 18.2. The van der Waals surface area contributed by atoms with E-state index in [1.165, 1.54) is 0 Å². The molecule has 0 aliphatic carbocycles. The molecule has 7 nitrogen and oxygen atoms in total. The molecule has 1 N–H and O–H groups in total. The van der Waals surface area contributed by atoms with Crippen molar-refractivity contribution in [3.8, 4) is 11.3 Å². The molecule has 0 spiro atoms. The maximum absolute atomic E-state index is 13.0. The van der Waals surface area contributed by atoms with Crippen LogP contribution in [0.5, 0.6) is 0 Å². The number of benzene rings is 1. The molecule has 0 bridgehead atoms. The Kier molecular flexibility index (Phi) is 5.06. The normalized spacial score (nSPS) is 14.9. The van der Waals surface area contributed by atoms with Crippen molar-refractivity contribution in [1.82, 2.24) is 24.6 Å². The number of amides is 1. The molecule has 0 atom stereocenters. The van der Waals surface area contributed by atoms with Gasteiger partial charge in [-0.25, -0.2) is 9.97 Å². The van der Waals surface area contributed by atoms with E-state index in [0.717, 1.165) is 35.6 Å². The summed E-state index contributed by atoms with van der Waals surface area (Å²) in [5.41, 5.74) is 3.40. The van der Waals surface area contributed by atoms with Crippen LogP contribution in [-0.2, 0) is 7.05 Å². The highest BCUT2D eigenvalue weighted by Gasteiger charge is 2.26. The van der Waals surface area contributed by atoms with Gasteiger partial charge in [-0.1, -0.05) is 30.3 Å². The molecule has 28 heavy (non-hydrogen) atoms. The lowest BCUT2D eigenvalue weighted by Gasteiger charge is -2.32.